The van der Waals surface area contributed by atoms with Gasteiger partial charge in [0, 0.05) is 19.7 Å². The summed E-state index contributed by atoms with van der Waals surface area (Å²) in [6, 6.07) is 0. The molecule has 1 saturated heterocycles. The summed E-state index contributed by atoms with van der Waals surface area (Å²) in [4.78, 5) is 0. The molecule has 2 rings (SSSR count). The lowest BCUT2D eigenvalue weighted by Gasteiger charge is -2.42. The Morgan fingerprint density at radius 3 is 2.53 bits per heavy atom. The molecule has 2 fully saturated rings. The Morgan fingerprint density at radius 2 is 2.07 bits per heavy atom. The van der Waals surface area contributed by atoms with Gasteiger partial charge < -0.3 is 15.8 Å². The number of hydrogen-bond donors (Lipinski definition) is 2. The monoisotopic (exact) mass is 212 g/mol. The van der Waals surface area contributed by atoms with Gasteiger partial charge in [-0.25, -0.2) is 0 Å². The molecule has 0 aromatic rings. The Hall–Kier alpha value is -0.120. The molecule has 1 heterocycles. The van der Waals surface area contributed by atoms with Crippen molar-refractivity contribution in [1.82, 2.24) is 5.32 Å². The van der Waals surface area contributed by atoms with Crippen LogP contribution in [0.15, 0.2) is 0 Å². The van der Waals surface area contributed by atoms with Crippen LogP contribution in [0.3, 0.4) is 0 Å². The summed E-state index contributed by atoms with van der Waals surface area (Å²) in [5.74, 6) is 0. The van der Waals surface area contributed by atoms with Gasteiger partial charge in [0.05, 0.1) is 12.1 Å². The normalized spacial score (nSPS) is 34.0. The largest absolute Gasteiger partial charge is 0.379 e. The molecule has 1 aliphatic carbocycles. The number of nitrogens with two attached hydrogens (primary N) is 1. The molecule has 0 radical (unpaired) electrons. The molecule has 15 heavy (non-hydrogen) atoms. The van der Waals surface area contributed by atoms with E-state index in [9.17, 15) is 0 Å². The third-order valence-electron chi connectivity index (χ3n) is 4.28. The third kappa shape index (κ3) is 2.52. The number of nitrogens with one attached hydrogen (secondary N) is 1. The van der Waals surface area contributed by atoms with Crippen LogP contribution in [-0.2, 0) is 4.74 Å². The molecule has 88 valence electrons. The quantitative estimate of drug-likeness (QED) is 0.721. The minimum Gasteiger partial charge on any atom is -0.379 e. The van der Waals surface area contributed by atoms with Crippen LogP contribution in [-0.4, -0.2) is 31.8 Å². The first-order valence-electron chi connectivity index (χ1n) is 6.26. The fourth-order valence-electron chi connectivity index (χ4n) is 2.67. The molecule has 0 spiro atoms. The molecule has 2 aliphatic rings. The third-order valence-corrected chi connectivity index (χ3v) is 4.28. The maximum absolute atomic E-state index is 6.20. The first-order valence-corrected chi connectivity index (χ1v) is 6.26. The van der Waals surface area contributed by atoms with Crippen molar-refractivity contribution in [3.8, 4) is 0 Å². The van der Waals surface area contributed by atoms with Crippen LogP contribution in [0.2, 0.25) is 0 Å². The second-order valence-electron chi connectivity index (χ2n) is 5.48. The fraction of sp³-hybridized carbons (Fsp3) is 1.00. The highest BCUT2D eigenvalue weighted by Gasteiger charge is 2.36. The zero-order valence-corrected chi connectivity index (χ0v) is 9.85. The van der Waals surface area contributed by atoms with Crippen LogP contribution >= 0.6 is 0 Å². The topological polar surface area (TPSA) is 47.3 Å². The van der Waals surface area contributed by atoms with Crippen molar-refractivity contribution in [3.05, 3.63) is 0 Å². The van der Waals surface area contributed by atoms with Gasteiger partial charge in [0.15, 0.2) is 0 Å². The van der Waals surface area contributed by atoms with Crippen LogP contribution in [0.1, 0.15) is 39.0 Å². The Bertz CT molecular complexity index is 200. The molecular weight excluding hydrogens is 188 g/mol. The summed E-state index contributed by atoms with van der Waals surface area (Å²) in [6.07, 6.45) is 6.49. The zero-order valence-electron chi connectivity index (χ0n) is 9.85. The minimum absolute atomic E-state index is 0.0985. The number of rotatable bonds is 5. The van der Waals surface area contributed by atoms with Gasteiger partial charge >= 0.3 is 0 Å². The fourth-order valence-corrected chi connectivity index (χ4v) is 2.67. The Labute approximate surface area is 92.7 Å². The molecule has 0 amide bonds. The van der Waals surface area contributed by atoms with Crippen molar-refractivity contribution in [2.45, 2.75) is 44.6 Å². The van der Waals surface area contributed by atoms with E-state index in [1.165, 1.54) is 25.7 Å². The number of hydrogen-bond acceptors (Lipinski definition) is 3. The van der Waals surface area contributed by atoms with Crippen molar-refractivity contribution in [3.63, 3.8) is 0 Å². The van der Waals surface area contributed by atoms with E-state index in [0.29, 0.717) is 5.41 Å². The van der Waals surface area contributed by atoms with Gasteiger partial charge in [-0.15, -0.1) is 0 Å². The van der Waals surface area contributed by atoms with Crippen LogP contribution in [0, 0.1) is 5.41 Å². The number of ether oxygens (including phenoxy) is 1. The van der Waals surface area contributed by atoms with Gasteiger partial charge in [-0.2, -0.15) is 0 Å². The summed E-state index contributed by atoms with van der Waals surface area (Å²) in [5.41, 5.74) is 6.70. The Morgan fingerprint density at radius 1 is 1.27 bits per heavy atom. The SMILES string of the molecule is CCC1(CNCC2(N)CCOC2)CCC1. The maximum atomic E-state index is 6.20. The van der Waals surface area contributed by atoms with Gasteiger partial charge in [-0.05, 0) is 31.1 Å². The van der Waals surface area contributed by atoms with Crippen LogP contribution in [0.4, 0.5) is 0 Å². The van der Waals surface area contributed by atoms with E-state index in [-0.39, 0.29) is 5.54 Å². The average Bonchev–Trinajstić information content (AvgIpc) is 2.58. The molecule has 3 nitrogen and oxygen atoms in total. The molecular formula is C12H24N2O. The molecule has 1 atom stereocenters. The Balaban J connectivity index is 1.69. The highest BCUT2D eigenvalue weighted by molar-refractivity contribution is 4.93. The average molecular weight is 212 g/mol. The predicted molar refractivity (Wildman–Crippen MR) is 61.8 cm³/mol. The minimum atomic E-state index is -0.0985. The first kappa shape index (κ1) is 11.4. The maximum Gasteiger partial charge on any atom is 0.0659 e. The molecule has 3 N–H and O–H groups in total. The standard InChI is InChI=1S/C12H24N2O/c1-2-11(4-3-5-11)8-14-9-12(13)6-7-15-10-12/h14H,2-10,13H2,1H3. The molecule has 3 heteroatoms. The van der Waals surface area contributed by atoms with E-state index >= 15 is 0 Å². The van der Waals surface area contributed by atoms with E-state index in [2.05, 4.69) is 12.2 Å². The van der Waals surface area contributed by atoms with Gasteiger partial charge in [-0.3, -0.25) is 0 Å². The summed E-state index contributed by atoms with van der Waals surface area (Å²) >= 11 is 0. The van der Waals surface area contributed by atoms with E-state index in [0.717, 1.165) is 32.7 Å². The highest BCUT2D eigenvalue weighted by atomic mass is 16.5. The van der Waals surface area contributed by atoms with Gasteiger partial charge in [0.25, 0.3) is 0 Å². The second-order valence-corrected chi connectivity index (χ2v) is 5.48. The lowest BCUT2D eigenvalue weighted by Crippen LogP contribution is -2.52. The zero-order chi connectivity index (χ0) is 10.8. The molecule has 1 aliphatic heterocycles. The van der Waals surface area contributed by atoms with Crippen molar-refractivity contribution < 1.29 is 4.74 Å². The molecule has 1 saturated carbocycles. The summed E-state index contributed by atoms with van der Waals surface area (Å²) in [7, 11) is 0. The molecule has 0 aromatic carbocycles. The second kappa shape index (κ2) is 4.40. The molecule has 0 aromatic heterocycles. The van der Waals surface area contributed by atoms with E-state index < -0.39 is 0 Å². The molecule has 1 unspecified atom stereocenters. The van der Waals surface area contributed by atoms with Crippen LogP contribution < -0.4 is 11.1 Å². The van der Waals surface area contributed by atoms with Crippen molar-refractivity contribution >= 4 is 0 Å². The van der Waals surface area contributed by atoms with E-state index in [1.54, 1.807) is 0 Å². The van der Waals surface area contributed by atoms with Crippen LogP contribution in [0.25, 0.3) is 0 Å². The Kier molecular flexibility index (Phi) is 3.33. The van der Waals surface area contributed by atoms with Gasteiger partial charge in [-0.1, -0.05) is 13.3 Å². The predicted octanol–water partition coefficient (Wildman–Crippen LogP) is 1.27. The van der Waals surface area contributed by atoms with Gasteiger partial charge in [0.1, 0.15) is 0 Å². The summed E-state index contributed by atoms with van der Waals surface area (Å²) in [6.45, 7) is 5.91. The summed E-state index contributed by atoms with van der Waals surface area (Å²) in [5, 5.41) is 3.56. The first-order chi connectivity index (χ1) is 7.18. The molecule has 0 bridgehead atoms. The van der Waals surface area contributed by atoms with Crippen molar-refractivity contribution in [1.29, 1.82) is 0 Å². The van der Waals surface area contributed by atoms with Crippen molar-refractivity contribution in [2.75, 3.05) is 26.3 Å². The van der Waals surface area contributed by atoms with E-state index in [1.807, 2.05) is 0 Å². The lowest BCUT2D eigenvalue weighted by molar-refractivity contribution is 0.119. The highest BCUT2D eigenvalue weighted by Crippen LogP contribution is 2.43. The smallest absolute Gasteiger partial charge is 0.0659 e. The van der Waals surface area contributed by atoms with Crippen LogP contribution in [0.5, 0.6) is 0 Å². The van der Waals surface area contributed by atoms with Crippen molar-refractivity contribution in [2.24, 2.45) is 11.1 Å². The lowest BCUT2D eigenvalue weighted by atomic mass is 9.67. The van der Waals surface area contributed by atoms with Gasteiger partial charge in [0.2, 0.25) is 0 Å². The van der Waals surface area contributed by atoms with E-state index in [4.69, 9.17) is 10.5 Å². The summed E-state index contributed by atoms with van der Waals surface area (Å²) < 4.78 is 5.34.